The first kappa shape index (κ1) is 26.4. The largest absolute Gasteiger partial charge is 0.507 e. The maximum absolute atomic E-state index is 13.1. The molecular weight excluding hydrogens is 543 g/mol. The van der Waals surface area contributed by atoms with Gasteiger partial charge in [-0.1, -0.05) is 29.3 Å². The lowest BCUT2D eigenvalue weighted by molar-refractivity contribution is -0.124. The number of aromatic hydroxyl groups is 1. The highest BCUT2D eigenvalue weighted by molar-refractivity contribution is 7.89. The van der Waals surface area contributed by atoms with E-state index in [-0.39, 0.29) is 39.9 Å². The zero-order valence-corrected chi connectivity index (χ0v) is 20.6. The minimum absolute atomic E-state index is 0.0229. The van der Waals surface area contributed by atoms with Gasteiger partial charge in [-0.05, 0) is 48.2 Å². The number of anilines is 1. The van der Waals surface area contributed by atoms with Crippen molar-refractivity contribution in [1.82, 2.24) is 4.72 Å². The van der Waals surface area contributed by atoms with E-state index in [9.17, 15) is 37.0 Å². The van der Waals surface area contributed by atoms with E-state index in [4.69, 9.17) is 23.2 Å². The van der Waals surface area contributed by atoms with Gasteiger partial charge in [0.2, 0.25) is 10.0 Å². The molecule has 192 valence electrons. The molecule has 1 aliphatic carbocycles. The number of hydrogen-bond donors (Lipinski definition) is 3. The molecule has 3 N–H and O–H groups in total. The second-order valence-corrected chi connectivity index (χ2v) is 10.9. The Morgan fingerprint density at radius 2 is 1.78 bits per heavy atom. The number of nitrogens with one attached hydrogen (secondary N) is 1. The van der Waals surface area contributed by atoms with E-state index in [0.717, 1.165) is 0 Å². The predicted molar refractivity (Wildman–Crippen MR) is 127 cm³/mol. The Labute approximate surface area is 214 Å². The predicted octanol–water partition coefficient (Wildman–Crippen LogP) is 3.02. The molecular formula is C22H19Cl2F2N3O6S. The van der Waals surface area contributed by atoms with Crippen LogP contribution in [0.3, 0.4) is 0 Å². The molecule has 36 heavy (non-hydrogen) atoms. The van der Waals surface area contributed by atoms with Crippen LogP contribution in [-0.4, -0.2) is 54.6 Å². The fraction of sp³-hybridized carbons (Fsp3) is 0.318. The Morgan fingerprint density at radius 3 is 2.36 bits per heavy atom. The van der Waals surface area contributed by atoms with E-state index in [1.807, 2.05) is 0 Å². The van der Waals surface area contributed by atoms with E-state index in [2.05, 4.69) is 9.82 Å². The van der Waals surface area contributed by atoms with Crippen molar-refractivity contribution < 1.29 is 37.0 Å². The smallest absolute Gasteiger partial charge is 0.285 e. The van der Waals surface area contributed by atoms with Gasteiger partial charge in [-0.3, -0.25) is 9.59 Å². The highest BCUT2D eigenvalue weighted by Crippen LogP contribution is 2.35. The van der Waals surface area contributed by atoms with Gasteiger partial charge >= 0.3 is 0 Å². The average molecular weight is 562 g/mol. The number of nitrogens with zero attached hydrogens (tertiary/aromatic N) is 2. The first-order valence-corrected chi connectivity index (χ1v) is 12.8. The number of sulfonamides is 1. The second kappa shape index (κ2) is 10.0. The lowest BCUT2D eigenvalue weighted by Gasteiger charge is -2.31. The summed E-state index contributed by atoms with van der Waals surface area (Å²) in [6.07, 6.45) is -3.94. The van der Waals surface area contributed by atoms with Crippen LogP contribution < -0.4 is 9.73 Å². The summed E-state index contributed by atoms with van der Waals surface area (Å²) in [7, 11) is -4.08. The highest BCUT2D eigenvalue weighted by Gasteiger charge is 2.34. The van der Waals surface area contributed by atoms with E-state index in [0.29, 0.717) is 16.1 Å². The maximum atomic E-state index is 13.1. The van der Waals surface area contributed by atoms with Gasteiger partial charge in [0.1, 0.15) is 10.6 Å². The first-order chi connectivity index (χ1) is 16.9. The molecule has 2 aromatic carbocycles. The number of amides is 1. The molecule has 2 aliphatic rings. The van der Waals surface area contributed by atoms with Gasteiger partial charge in [-0.15, -0.1) is 0 Å². The van der Waals surface area contributed by atoms with Crippen LogP contribution in [0.15, 0.2) is 40.3 Å². The fourth-order valence-electron chi connectivity index (χ4n) is 3.82. The number of phenols is 1. The fourth-order valence-corrected chi connectivity index (χ4v) is 5.84. The van der Waals surface area contributed by atoms with Crippen molar-refractivity contribution in [2.24, 2.45) is 5.10 Å². The van der Waals surface area contributed by atoms with Crippen LogP contribution in [0.4, 0.5) is 14.5 Å². The molecule has 14 heteroatoms. The number of Topliss-reactive ketones (excluding diaryl/α,β-unsaturated/α-hetero) is 1. The van der Waals surface area contributed by atoms with E-state index in [1.165, 1.54) is 30.3 Å². The van der Waals surface area contributed by atoms with Crippen molar-refractivity contribution in [3.8, 4) is 5.75 Å². The summed E-state index contributed by atoms with van der Waals surface area (Å²) < 4.78 is 54.0. The van der Waals surface area contributed by atoms with Crippen molar-refractivity contribution in [2.75, 3.05) is 5.01 Å². The molecule has 1 fully saturated rings. The van der Waals surface area contributed by atoms with Gasteiger partial charge in [-0.25, -0.2) is 21.9 Å². The minimum Gasteiger partial charge on any atom is -0.507 e. The Balaban J connectivity index is 1.61. The zero-order valence-electron chi connectivity index (χ0n) is 18.3. The number of benzene rings is 2. The number of hydrazone groups is 1. The van der Waals surface area contributed by atoms with Crippen molar-refractivity contribution in [3.05, 3.63) is 51.5 Å². The molecule has 1 heterocycles. The SMILES string of the molecule is O=C1CC(=O)N(c2cc(Cl)c(Cc3ccc(O)c(S(=O)(=O)NC4CC(O)C4)c3)c(Cl)c2)N=C1C(F)F. The van der Waals surface area contributed by atoms with Gasteiger partial charge in [0.05, 0.1) is 18.2 Å². The summed E-state index contributed by atoms with van der Waals surface area (Å²) >= 11 is 12.7. The number of ketones is 1. The second-order valence-electron chi connectivity index (χ2n) is 8.40. The van der Waals surface area contributed by atoms with Crippen LogP contribution in [0.2, 0.25) is 10.0 Å². The standard InChI is InChI=1S/C22H19Cl2F2N3O6S/c23-15-7-12(29-20(33)9-18(32)21(27-29)22(25)26)8-16(24)14(15)3-10-1-2-17(31)19(4-10)36(34,35)28-11-5-13(30)6-11/h1-2,4,7-8,11,13,22,28,30-31H,3,5-6,9H2. The number of aliphatic hydroxyl groups is 1. The third-order valence-electron chi connectivity index (χ3n) is 5.75. The van der Waals surface area contributed by atoms with Gasteiger partial charge in [0, 0.05) is 22.5 Å². The van der Waals surface area contributed by atoms with E-state index >= 15 is 0 Å². The molecule has 1 saturated carbocycles. The van der Waals surface area contributed by atoms with Crippen LogP contribution in [-0.2, 0) is 26.0 Å². The number of carbonyl (C=O) groups is 2. The molecule has 1 aliphatic heterocycles. The van der Waals surface area contributed by atoms with Gasteiger partial charge in [-0.2, -0.15) is 10.1 Å². The zero-order chi connectivity index (χ0) is 26.4. The van der Waals surface area contributed by atoms with Crippen LogP contribution >= 0.6 is 23.2 Å². The Bertz CT molecular complexity index is 1360. The third-order valence-corrected chi connectivity index (χ3v) is 7.97. The third kappa shape index (κ3) is 5.37. The average Bonchev–Trinajstić information content (AvgIpc) is 2.75. The molecule has 0 saturated heterocycles. The van der Waals surface area contributed by atoms with Crippen LogP contribution in [0.25, 0.3) is 0 Å². The molecule has 0 spiro atoms. The topological polar surface area (TPSA) is 136 Å². The molecule has 0 bridgehead atoms. The Morgan fingerprint density at radius 1 is 1.14 bits per heavy atom. The summed E-state index contributed by atoms with van der Waals surface area (Å²) in [4.78, 5) is 23.5. The number of carbonyl (C=O) groups excluding carboxylic acids is 2. The molecule has 1 amide bonds. The lowest BCUT2D eigenvalue weighted by atomic mass is 9.91. The van der Waals surface area contributed by atoms with Gasteiger partial charge < -0.3 is 10.2 Å². The van der Waals surface area contributed by atoms with E-state index in [1.54, 1.807) is 0 Å². The normalized spacial score (nSPS) is 20.5. The van der Waals surface area contributed by atoms with Crippen molar-refractivity contribution in [3.63, 3.8) is 0 Å². The monoisotopic (exact) mass is 561 g/mol. The number of hydrogen-bond acceptors (Lipinski definition) is 7. The number of rotatable bonds is 7. The number of phenolic OH excluding ortho intramolecular Hbond substituents is 1. The van der Waals surface area contributed by atoms with Gasteiger partial charge in [0.15, 0.2) is 11.5 Å². The van der Waals surface area contributed by atoms with Gasteiger partial charge in [0.25, 0.3) is 12.3 Å². The highest BCUT2D eigenvalue weighted by atomic mass is 35.5. The van der Waals surface area contributed by atoms with Crippen molar-refractivity contribution in [1.29, 1.82) is 0 Å². The molecule has 9 nitrogen and oxygen atoms in total. The van der Waals surface area contributed by atoms with Crippen LogP contribution in [0.1, 0.15) is 30.4 Å². The quantitative estimate of drug-likeness (QED) is 0.444. The maximum Gasteiger partial charge on any atom is 0.285 e. The first-order valence-electron chi connectivity index (χ1n) is 10.6. The minimum atomic E-state index is -4.08. The van der Waals surface area contributed by atoms with E-state index < -0.39 is 58.2 Å². The molecule has 0 atom stereocenters. The lowest BCUT2D eigenvalue weighted by Crippen LogP contribution is -2.46. The summed E-state index contributed by atoms with van der Waals surface area (Å²) in [6.45, 7) is 0. The van der Waals surface area contributed by atoms with Crippen LogP contribution in [0.5, 0.6) is 5.75 Å². The molecule has 2 aromatic rings. The summed E-state index contributed by atoms with van der Waals surface area (Å²) in [5.41, 5.74) is -0.306. The number of alkyl halides is 2. The van der Waals surface area contributed by atoms with Crippen molar-refractivity contribution in [2.45, 2.75) is 49.2 Å². The molecule has 0 aromatic heterocycles. The van der Waals surface area contributed by atoms with Crippen molar-refractivity contribution >= 4 is 56.3 Å². The number of halogens is 4. The Hall–Kier alpha value is -2.64. The Kier molecular flexibility index (Phi) is 7.35. The molecule has 0 unspecified atom stereocenters. The summed E-state index contributed by atoms with van der Waals surface area (Å²) in [5.74, 6) is -2.37. The number of aliphatic hydroxyl groups excluding tert-OH is 1. The molecule has 0 radical (unpaired) electrons. The summed E-state index contributed by atoms with van der Waals surface area (Å²) in [5, 5.41) is 23.7. The summed E-state index contributed by atoms with van der Waals surface area (Å²) in [6, 6.07) is 6.04. The van der Waals surface area contributed by atoms with Crippen LogP contribution in [0, 0.1) is 0 Å². The molecule has 4 rings (SSSR count).